The van der Waals surface area contributed by atoms with E-state index in [0.29, 0.717) is 6.04 Å². The van der Waals surface area contributed by atoms with Crippen LogP contribution >= 0.6 is 12.2 Å². The van der Waals surface area contributed by atoms with Gasteiger partial charge in [-0.2, -0.15) is 5.10 Å². The van der Waals surface area contributed by atoms with E-state index in [2.05, 4.69) is 10.4 Å². The van der Waals surface area contributed by atoms with Gasteiger partial charge in [0, 0.05) is 19.2 Å². The van der Waals surface area contributed by atoms with Gasteiger partial charge in [0.05, 0.1) is 6.04 Å². The summed E-state index contributed by atoms with van der Waals surface area (Å²) in [6.45, 7) is 2.07. The molecule has 0 bridgehead atoms. The molecule has 1 atom stereocenters. The lowest BCUT2D eigenvalue weighted by Gasteiger charge is -2.19. The van der Waals surface area contributed by atoms with Crippen LogP contribution in [0.25, 0.3) is 0 Å². The fourth-order valence-electron chi connectivity index (χ4n) is 1.64. The summed E-state index contributed by atoms with van der Waals surface area (Å²) in [6, 6.07) is 0.398. The summed E-state index contributed by atoms with van der Waals surface area (Å²) in [5, 5.41) is 9.53. The summed E-state index contributed by atoms with van der Waals surface area (Å²) in [4.78, 5) is 0.973. The van der Waals surface area contributed by atoms with Crippen molar-refractivity contribution >= 4 is 23.4 Å². The third kappa shape index (κ3) is 1.49. The largest absolute Gasteiger partial charge is 0.308 e. The second kappa shape index (κ2) is 3.49. The van der Waals surface area contributed by atoms with Crippen LogP contribution in [0, 0.1) is 0 Å². The Morgan fingerprint density at radius 1 is 1.67 bits per heavy atom. The summed E-state index contributed by atoms with van der Waals surface area (Å²) in [7, 11) is 0. The Morgan fingerprint density at radius 3 is 3.17 bits per heavy atom. The Morgan fingerprint density at radius 2 is 2.58 bits per heavy atom. The van der Waals surface area contributed by atoms with Gasteiger partial charge in [-0.05, 0) is 19.4 Å². The van der Waals surface area contributed by atoms with Gasteiger partial charge in [-0.1, -0.05) is 12.2 Å². The van der Waals surface area contributed by atoms with E-state index in [1.54, 1.807) is 0 Å². The van der Waals surface area contributed by atoms with Crippen molar-refractivity contribution in [1.82, 2.24) is 10.3 Å². The first-order valence-corrected chi connectivity index (χ1v) is 4.86. The number of hydrogen-bond acceptors (Lipinski definition) is 3. The standard InChI is InChI=1S/C8H13N3S/c12-8(7-3-1-4-9-7)11-6-2-5-10-11/h5,7,9H,1-4,6H2. The molecule has 0 saturated carbocycles. The zero-order valence-electron chi connectivity index (χ0n) is 6.99. The second-order valence-corrected chi connectivity index (χ2v) is 3.62. The third-order valence-corrected chi connectivity index (χ3v) is 2.80. The van der Waals surface area contributed by atoms with E-state index < -0.39 is 0 Å². The lowest BCUT2D eigenvalue weighted by molar-refractivity contribution is 0.474. The Hall–Kier alpha value is -0.480. The van der Waals surface area contributed by atoms with Gasteiger partial charge in [-0.3, -0.25) is 5.01 Å². The summed E-state index contributed by atoms with van der Waals surface area (Å²) < 4.78 is 0. The van der Waals surface area contributed by atoms with Crippen LogP contribution in [-0.4, -0.2) is 35.3 Å². The Balaban J connectivity index is 1.94. The van der Waals surface area contributed by atoms with Crippen molar-refractivity contribution in [2.75, 3.05) is 13.1 Å². The van der Waals surface area contributed by atoms with Crippen molar-refractivity contribution in [3.05, 3.63) is 0 Å². The van der Waals surface area contributed by atoms with Crippen molar-refractivity contribution in [1.29, 1.82) is 0 Å². The Labute approximate surface area is 77.8 Å². The van der Waals surface area contributed by atoms with Gasteiger partial charge in [-0.25, -0.2) is 0 Å². The highest BCUT2D eigenvalue weighted by Gasteiger charge is 2.23. The molecule has 0 aromatic heterocycles. The number of nitrogens with zero attached hydrogens (tertiary/aromatic N) is 2. The van der Waals surface area contributed by atoms with E-state index in [-0.39, 0.29) is 0 Å². The molecule has 1 fully saturated rings. The molecule has 2 rings (SSSR count). The number of rotatable bonds is 1. The molecule has 1 saturated heterocycles. The van der Waals surface area contributed by atoms with Gasteiger partial charge < -0.3 is 5.32 Å². The maximum atomic E-state index is 5.32. The first-order chi connectivity index (χ1) is 5.88. The van der Waals surface area contributed by atoms with Crippen LogP contribution in [0.15, 0.2) is 5.10 Å². The molecular weight excluding hydrogens is 170 g/mol. The highest BCUT2D eigenvalue weighted by Crippen LogP contribution is 2.12. The van der Waals surface area contributed by atoms with E-state index in [1.807, 2.05) is 11.2 Å². The Bertz CT molecular complexity index is 208. The zero-order valence-corrected chi connectivity index (χ0v) is 7.81. The van der Waals surface area contributed by atoms with Crippen LogP contribution in [0.3, 0.4) is 0 Å². The van der Waals surface area contributed by atoms with E-state index in [4.69, 9.17) is 12.2 Å². The molecule has 0 aliphatic carbocycles. The van der Waals surface area contributed by atoms with Gasteiger partial charge in [-0.15, -0.1) is 0 Å². The molecule has 2 heterocycles. The number of hydrogen-bond donors (Lipinski definition) is 1. The van der Waals surface area contributed by atoms with Crippen molar-refractivity contribution < 1.29 is 0 Å². The summed E-state index contributed by atoms with van der Waals surface area (Å²) in [5.74, 6) is 0. The molecule has 1 unspecified atom stereocenters. The molecule has 2 aliphatic rings. The molecular formula is C8H13N3S. The quantitative estimate of drug-likeness (QED) is 0.608. The predicted molar refractivity (Wildman–Crippen MR) is 53.4 cm³/mol. The molecule has 0 aromatic rings. The van der Waals surface area contributed by atoms with Crippen LogP contribution in [-0.2, 0) is 0 Å². The number of nitrogens with one attached hydrogen (secondary N) is 1. The summed E-state index contributed by atoms with van der Waals surface area (Å²) in [6.07, 6.45) is 5.38. The van der Waals surface area contributed by atoms with E-state index in [1.165, 1.54) is 12.8 Å². The van der Waals surface area contributed by atoms with Crippen molar-refractivity contribution in [2.24, 2.45) is 5.10 Å². The lowest BCUT2D eigenvalue weighted by Crippen LogP contribution is -2.38. The molecule has 12 heavy (non-hydrogen) atoms. The maximum Gasteiger partial charge on any atom is 0.116 e. The minimum absolute atomic E-state index is 0.398. The van der Waals surface area contributed by atoms with E-state index in [9.17, 15) is 0 Å². The zero-order chi connectivity index (χ0) is 8.39. The third-order valence-electron chi connectivity index (χ3n) is 2.30. The smallest absolute Gasteiger partial charge is 0.116 e. The average Bonchev–Trinajstić information content (AvgIpc) is 2.77. The first-order valence-electron chi connectivity index (χ1n) is 4.45. The molecule has 66 valence electrons. The number of hydrazone groups is 1. The topological polar surface area (TPSA) is 27.6 Å². The highest BCUT2D eigenvalue weighted by molar-refractivity contribution is 7.80. The van der Waals surface area contributed by atoms with Gasteiger partial charge in [0.15, 0.2) is 0 Å². The minimum Gasteiger partial charge on any atom is -0.308 e. The SMILES string of the molecule is S=C(C1CCCN1)N1CCC=N1. The van der Waals surface area contributed by atoms with Gasteiger partial charge in [0.1, 0.15) is 4.99 Å². The van der Waals surface area contributed by atoms with Crippen molar-refractivity contribution in [3.8, 4) is 0 Å². The average molecular weight is 183 g/mol. The van der Waals surface area contributed by atoms with Crippen LogP contribution in [0.2, 0.25) is 0 Å². The van der Waals surface area contributed by atoms with Crippen LogP contribution in [0.5, 0.6) is 0 Å². The molecule has 0 aromatic carbocycles. The Kier molecular flexibility index (Phi) is 2.37. The first kappa shape index (κ1) is 8.13. The molecule has 2 aliphatic heterocycles. The predicted octanol–water partition coefficient (Wildman–Crippen LogP) is 0.757. The molecule has 3 nitrogen and oxygen atoms in total. The van der Waals surface area contributed by atoms with Crippen LogP contribution in [0.1, 0.15) is 19.3 Å². The van der Waals surface area contributed by atoms with E-state index in [0.717, 1.165) is 24.5 Å². The summed E-state index contributed by atoms with van der Waals surface area (Å²) in [5.41, 5.74) is 0. The summed E-state index contributed by atoms with van der Waals surface area (Å²) >= 11 is 5.32. The second-order valence-electron chi connectivity index (χ2n) is 3.20. The van der Waals surface area contributed by atoms with Crippen molar-refractivity contribution in [3.63, 3.8) is 0 Å². The normalized spacial score (nSPS) is 28.3. The molecule has 0 amide bonds. The maximum absolute atomic E-state index is 5.32. The monoisotopic (exact) mass is 183 g/mol. The highest BCUT2D eigenvalue weighted by atomic mass is 32.1. The fraction of sp³-hybridized carbons (Fsp3) is 0.750. The molecule has 0 spiro atoms. The van der Waals surface area contributed by atoms with Crippen LogP contribution in [0.4, 0.5) is 0 Å². The molecule has 1 N–H and O–H groups in total. The fourth-order valence-corrected chi connectivity index (χ4v) is 1.98. The molecule has 4 heteroatoms. The van der Waals surface area contributed by atoms with Crippen molar-refractivity contribution in [2.45, 2.75) is 25.3 Å². The lowest BCUT2D eigenvalue weighted by atomic mass is 10.2. The number of thiocarbonyl (C=S) groups is 1. The van der Waals surface area contributed by atoms with Gasteiger partial charge in [0.25, 0.3) is 0 Å². The molecule has 0 radical (unpaired) electrons. The minimum atomic E-state index is 0.398. The van der Waals surface area contributed by atoms with Gasteiger partial charge in [0.2, 0.25) is 0 Å². The van der Waals surface area contributed by atoms with Crippen LogP contribution < -0.4 is 5.32 Å². The van der Waals surface area contributed by atoms with Gasteiger partial charge >= 0.3 is 0 Å². The van der Waals surface area contributed by atoms with E-state index >= 15 is 0 Å².